The van der Waals surface area contributed by atoms with Gasteiger partial charge >= 0.3 is 5.97 Å². The lowest BCUT2D eigenvalue weighted by molar-refractivity contribution is -0.138. The predicted octanol–water partition coefficient (Wildman–Crippen LogP) is -0.0123. The number of carbonyl (C=O) groups excluding carboxylic acids is 1. The van der Waals surface area contributed by atoms with Crippen LogP contribution in [-0.2, 0) is 11.3 Å². The number of carbonyl (C=O) groups is 2. The molecule has 1 aromatic carbocycles. The van der Waals surface area contributed by atoms with Crippen molar-refractivity contribution in [1.29, 1.82) is 0 Å². The van der Waals surface area contributed by atoms with Gasteiger partial charge in [0, 0.05) is 38.3 Å². The van der Waals surface area contributed by atoms with Gasteiger partial charge < -0.3 is 10.8 Å². The molecule has 0 saturated carbocycles. The maximum atomic E-state index is 11.1. The maximum Gasteiger partial charge on any atom is 0.317 e. The Morgan fingerprint density at radius 2 is 1.80 bits per heavy atom. The first-order valence-corrected chi connectivity index (χ1v) is 6.60. The molecule has 0 bridgehead atoms. The third kappa shape index (κ3) is 4.04. The van der Waals surface area contributed by atoms with E-state index < -0.39 is 11.9 Å². The van der Waals surface area contributed by atoms with E-state index in [1.165, 1.54) is 0 Å². The first-order valence-electron chi connectivity index (χ1n) is 6.60. The molecule has 2 rings (SSSR count). The van der Waals surface area contributed by atoms with Gasteiger partial charge in [-0.05, 0) is 17.7 Å². The average Bonchev–Trinajstić information content (AvgIpc) is 2.41. The summed E-state index contributed by atoms with van der Waals surface area (Å²) in [5.74, 6) is -1.20. The number of rotatable bonds is 5. The van der Waals surface area contributed by atoms with Gasteiger partial charge in [-0.1, -0.05) is 12.1 Å². The Morgan fingerprint density at radius 3 is 2.40 bits per heavy atom. The summed E-state index contributed by atoms with van der Waals surface area (Å²) in [6, 6.07) is 7.31. The first-order chi connectivity index (χ1) is 9.54. The lowest BCUT2D eigenvalue weighted by Gasteiger charge is -2.33. The van der Waals surface area contributed by atoms with Gasteiger partial charge in [0.15, 0.2) is 0 Å². The van der Waals surface area contributed by atoms with Gasteiger partial charge in [0.05, 0.1) is 6.54 Å². The third-order valence-corrected chi connectivity index (χ3v) is 3.44. The highest BCUT2D eigenvalue weighted by Crippen LogP contribution is 2.10. The number of nitrogens with zero attached hydrogens (tertiary/aromatic N) is 2. The van der Waals surface area contributed by atoms with Crippen molar-refractivity contribution in [2.24, 2.45) is 5.73 Å². The van der Waals surface area contributed by atoms with E-state index in [4.69, 9.17) is 10.8 Å². The standard InChI is InChI=1S/C14H19N3O3/c15-14(20)12-3-1-2-11(8-12)9-16-4-6-17(7-5-16)10-13(18)19/h1-3,8H,4-7,9-10H2,(H2,15,20)(H,18,19). The second-order valence-corrected chi connectivity index (χ2v) is 5.01. The highest BCUT2D eigenvalue weighted by molar-refractivity contribution is 5.92. The van der Waals surface area contributed by atoms with Crippen LogP contribution in [0.25, 0.3) is 0 Å². The molecule has 0 unspecified atom stereocenters. The molecule has 0 atom stereocenters. The van der Waals surface area contributed by atoms with Gasteiger partial charge in [0.1, 0.15) is 0 Å². The molecule has 108 valence electrons. The summed E-state index contributed by atoms with van der Waals surface area (Å²) in [4.78, 5) is 26.0. The van der Waals surface area contributed by atoms with Crippen LogP contribution in [-0.4, -0.2) is 59.5 Å². The number of piperazine rings is 1. The fraction of sp³-hybridized carbons (Fsp3) is 0.429. The fourth-order valence-electron chi connectivity index (χ4n) is 2.38. The average molecular weight is 277 g/mol. The smallest absolute Gasteiger partial charge is 0.317 e. The maximum absolute atomic E-state index is 11.1. The Kier molecular flexibility index (Phi) is 4.70. The quantitative estimate of drug-likeness (QED) is 0.790. The second-order valence-electron chi connectivity index (χ2n) is 5.01. The monoisotopic (exact) mass is 277 g/mol. The number of amides is 1. The minimum absolute atomic E-state index is 0.102. The van der Waals surface area contributed by atoms with Crippen LogP contribution in [0, 0.1) is 0 Å². The minimum atomic E-state index is -0.785. The highest BCUT2D eigenvalue weighted by Gasteiger charge is 2.18. The van der Waals surface area contributed by atoms with Gasteiger partial charge in [-0.2, -0.15) is 0 Å². The first kappa shape index (κ1) is 14.5. The Morgan fingerprint density at radius 1 is 1.15 bits per heavy atom. The second kappa shape index (κ2) is 6.49. The normalized spacial score (nSPS) is 17.0. The molecule has 1 fully saturated rings. The number of carboxylic acids is 1. The highest BCUT2D eigenvalue weighted by atomic mass is 16.4. The van der Waals surface area contributed by atoms with Crippen LogP contribution in [0.3, 0.4) is 0 Å². The number of benzene rings is 1. The van der Waals surface area contributed by atoms with Crippen molar-refractivity contribution in [3.05, 3.63) is 35.4 Å². The number of nitrogens with two attached hydrogens (primary N) is 1. The molecule has 1 aliphatic rings. The summed E-state index contributed by atoms with van der Waals surface area (Å²) in [6.07, 6.45) is 0. The lowest BCUT2D eigenvalue weighted by Crippen LogP contribution is -2.47. The van der Waals surface area contributed by atoms with Crippen molar-refractivity contribution in [1.82, 2.24) is 9.80 Å². The summed E-state index contributed by atoms with van der Waals surface area (Å²) in [5, 5.41) is 8.75. The lowest BCUT2D eigenvalue weighted by atomic mass is 10.1. The molecule has 20 heavy (non-hydrogen) atoms. The number of aliphatic carboxylic acids is 1. The topological polar surface area (TPSA) is 86.9 Å². The Bertz CT molecular complexity index is 496. The van der Waals surface area contributed by atoms with Crippen molar-refractivity contribution in [3.63, 3.8) is 0 Å². The van der Waals surface area contributed by atoms with Gasteiger partial charge in [0.2, 0.25) is 5.91 Å². The molecule has 1 saturated heterocycles. The van der Waals surface area contributed by atoms with E-state index in [0.29, 0.717) is 5.56 Å². The van der Waals surface area contributed by atoms with Crippen LogP contribution in [0.4, 0.5) is 0 Å². The SMILES string of the molecule is NC(=O)c1cccc(CN2CCN(CC(=O)O)CC2)c1. The fourth-order valence-corrected chi connectivity index (χ4v) is 2.38. The number of carboxylic acid groups (broad SMARTS) is 1. The number of hydrogen-bond donors (Lipinski definition) is 2. The van der Waals surface area contributed by atoms with Gasteiger partial charge in [-0.25, -0.2) is 0 Å². The number of primary amides is 1. The molecule has 1 heterocycles. The molecule has 0 aliphatic carbocycles. The summed E-state index contributed by atoms with van der Waals surface area (Å²) >= 11 is 0. The predicted molar refractivity (Wildman–Crippen MR) is 74.3 cm³/mol. The molecule has 1 amide bonds. The van der Waals surface area contributed by atoms with Crippen molar-refractivity contribution >= 4 is 11.9 Å². The Hall–Kier alpha value is -1.92. The molecule has 3 N–H and O–H groups in total. The largest absolute Gasteiger partial charge is 0.480 e. The Labute approximate surface area is 117 Å². The molecule has 6 nitrogen and oxygen atoms in total. The van der Waals surface area contributed by atoms with Crippen LogP contribution in [0.5, 0.6) is 0 Å². The summed E-state index contributed by atoms with van der Waals surface area (Å²) in [5.41, 5.74) is 6.83. The Balaban J connectivity index is 1.88. The van der Waals surface area contributed by atoms with Crippen LogP contribution >= 0.6 is 0 Å². The van der Waals surface area contributed by atoms with Crippen LogP contribution in [0.1, 0.15) is 15.9 Å². The summed E-state index contributed by atoms with van der Waals surface area (Å²) in [6.45, 7) is 4.01. The van der Waals surface area contributed by atoms with E-state index in [1.54, 1.807) is 6.07 Å². The van der Waals surface area contributed by atoms with E-state index in [0.717, 1.165) is 38.3 Å². The number of hydrogen-bond acceptors (Lipinski definition) is 4. The van der Waals surface area contributed by atoms with E-state index in [-0.39, 0.29) is 6.54 Å². The molecule has 0 aromatic heterocycles. The zero-order valence-electron chi connectivity index (χ0n) is 11.3. The van der Waals surface area contributed by atoms with Gasteiger partial charge in [-0.15, -0.1) is 0 Å². The molecule has 0 spiro atoms. The zero-order chi connectivity index (χ0) is 14.5. The van der Waals surface area contributed by atoms with E-state index in [9.17, 15) is 9.59 Å². The van der Waals surface area contributed by atoms with E-state index >= 15 is 0 Å². The van der Waals surface area contributed by atoms with E-state index in [1.807, 2.05) is 23.1 Å². The molecule has 1 aromatic rings. The molecular formula is C14H19N3O3. The van der Waals surface area contributed by atoms with Crippen molar-refractivity contribution in [2.75, 3.05) is 32.7 Å². The van der Waals surface area contributed by atoms with E-state index in [2.05, 4.69) is 4.90 Å². The molecule has 1 aliphatic heterocycles. The van der Waals surface area contributed by atoms with Crippen LogP contribution in [0.2, 0.25) is 0 Å². The molecule has 0 radical (unpaired) electrons. The van der Waals surface area contributed by atoms with Gasteiger partial charge in [-0.3, -0.25) is 19.4 Å². The summed E-state index contributed by atoms with van der Waals surface area (Å²) < 4.78 is 0. The van der Waals surface area contributed by atoms with Crippen molar-refractivity contribution in [3.8, 4) is 0 Å². The van der Waals surface area contributed by atoms with Gasteiger partial charge in [0.25, 0.3) is 0 Å². The molecular weight excluding hydrogens is 258 g/mol. The molecule has 6 heteroatoms. The zero-order valence-corrected chi connectivity index (χ0v) is 11.3. The summed E-state index contributed by atoms with van der Waals surface area (Å²) in [7, 11) is 0. The minimum Gasteiger partial charge on any atom is -0.480 e. The van der Waals surface area contributed by atoms with Crippen molar-refractivity contribution in [2.45, 2.75) is 6.54 Å². The van der Waals surface area contributed by atoms with Crippen molar-refractivity contribution < 1.29 is 14.7 Å². The van der Waals surface area contributed by atoms with Crippen LogP contribution in [0.15, 0.2) is 24.3 Å². The third-order valence-electron chi connectivity index (χ3n) is 3.44. The van der Waals surface area contributed by atoms with Crippen LogP contribution < -0.4 is 5.73 Å².